The van der Waals surface area contributed by atoms with Crippen molar-refractivity contribution in [1.29, 1.82) is 0 Å². The predicted molar refractivity (Wildman–Crippen MR) is 81.5 cm³/mol. The van der Waals surface area contributed by atoms with E-state index in [0.717, 1.165) is 6.54 Å². The number of rotatable bonds is 0. The highest BCUT2D eigenvalue weighted by molar-refractivity contribution is 4.91. The molecule has 2 rings (SSSR count). The molecule has 0 radical (unpaired) electrons. The molecule has 2 atom stereocenters. The van der Waals surface area contributed by atoms with Crippen molar-refractivity contribution in [3.63, 3.8) is 0 Å². The second kappa shape index (κ2) is 7.64. The van der Waals surface area contributed by atoms with E-state index in [-0.39, 0.29) is 5.60 Å². The Balaban J connectivity index is 1.90. The van der Waals surface area contributed by atoms with Crippen LogP contribution in [0.4, 0.5) is 0 Å². The lowest BCUT2D eigenvalue weighted by Gasteiger charge is -2.44. The third-order valence-corrected chi connectivity index (χ3v) is 5.15. The monoisotopic (exact) mass is 267 g/mol. The van der Waals surface area contributed by atoms with E-state index in [1.54, 1.807) is 0 Å². The number of hydrogen-bond acceptors (Lipinski definition) is 2. The zero-order valence-corrected chi connectivity index (χ0v) is 13.0. The van der Waals surface area contributed by atoms with Crippen LogP contribution >= 0.6 is 0 Å². The SMILES string of the molecule is CC1NCC2(CCCCCCCCCCC2)OC1C. The second-order valence-corrected chi connectivity index (χ2v) is 6.86. The first kappa shape index (κ1) is 15.3. The first-order chi connectivity index (χ1) is 9.22. The van der Waals surface area contributed by atoms with Crippen LogP contribution in [0.25, 0.3) is 0 Å². The summed E-state index contributed by atoms with van der Waals surface area (Å²) in [6, 6.07) is 0.506. The van der Waals surface area contributed by atoms with Gasteiger partial charge in [0.1, 0.15) is 0 Å². The lowest BCUT2D eigenvalue weighted by Crippen LogP contribution is -2.57. The fourth-order valence-electron chi connectivity index (χ4n) is 3.60. The molecule has 1 aliphatic carbocycles. The lowest BCUT2D eigenvalue weighted by atomic mass is 9.86. The summed E-state index contributed by atoms with van der Waals surface area (Å²) in [7, 11) is 0. The average Bonchev–Trinajstić information content (AvgIpc) is 2.39. The van der Waals surface area contributed by atoms with Gasteiger partial charge in [-0.25, -0.2) is 0 Å². The average molecular weight is 267 g/mol. The third-order valence-electron chi connectivity index (χ3n) is 5.15. The van der Waals surface area contributed by atoms with Crippen LogP contribution in [0.15, 0.2) is 0 Å². The van der Waals surface area contributed by atoms with Crippen molar-refractivity contribution in [3.8, 4) is 0 Å². The molecule has 2 unspecified atom stereocenters. The molecule has 0 aromatic heterocycles. The summed E-state index contributed by atoms with van der Waals surface area (Å²) in [5.74, 6) is 0. The summed E-state index contributed by atoms with van der Waals surface area (Å²) < 4.78 is 6.47. The second-order valence-electron chi connectivity index (χ2n) is 6.86. The van der Waals surface area contributed by atoms with Gasteiger partial charge in [0.25, 0.3) is 0 Å². The molecular weight excluding hydrogens is 234 g/mol. The van der Waals surface area contributed by atoms with Gasteiger partial charge in [0.15, 0.2) is 0 Å². The standard InChI is InChI=1S/C17H33NO/c1-15-16(2)19-17(14-18-15)12-10-8-6-4-3-5-7-9-11-13-17/h15-16,18H,3-14H2,1-2H3. The van der Waals surface area contributed by atoms with Gasteiger partial charge in [-0.2, -0.15) is 0 Å². The minimum absolute atomic E-state index is 0.144. The molecule has 1 spiro atoms. The van der Waals surface area contributed by atoms with Gasteiger partial charge in [0.2, 0.25) is 0 Å². The van der Waals surface area contributed by atoms with Crippen LogP contribution in [0.2, 0.25) is 0 Å². The summed E-state index contributed by atoms with van der Waals surface area (Å²) in [5.41, 5.74) is 0.144. The van der Waals surface area contributed by atoms with Crippen LogP contribution in [-0.4, -0.2) is 24.3 Å². The van der Waals surface area contributed by atoms with Crippen LogP contribution in [0.1, 0.15) is 84.5 Å². The minimum Gasteiger partial charge on any atom is -0.369 e. The first-order valence-corrected chi connectivity index (χ1v) is 8.63. The summed E-state index contributed by atoms with van der Waals surface area (Å²) in [6.45, 7) is 5.54. The third kappa shape index (κ3) is 4.75. The van der Waals surface area contributed by atoms with Gasteiger partial charge >= 0.3 is 0 Å². The molecule has 0 aromatic rings. The molecule has 112 valence electrons. The highest BCUT2D eigenvalue weighted by Gasteiger charge is 2.37. The van der Waals surface area contributed by atoms with Crippen molar-refractivity contribution in [2.24, 2.45) is 0 Å². The van der Waals surface area contributed by atoms with Crippen molar-refractivity contribution in [3.05, 3.63) is 0 Å². The maximum absolute atomic E-state index is 6.47. The van der Waals surface area contributed by atoms with Crippen LogP contribution < -0.4 is 5.32 Å². The van der Waals surface area contributed by atoms with Crippen LogP contribution in [0.3, 0.4) is 0 Å². The highest BCUT2D eigenvalue weighted by Crippen LogP contribution is 2.32. The van der Waals surface area contributed by atoms with Gasteiger partial charge in [0.05, 0.1) is 11.7 Å². The van der Waals surface area contributed by atoms with Crippen LogP contribution in [0.5, 0.6) is 0 Å². The van der Waals surface area contributed by atoms with Crippen LogP contribution in [-0.2, 0) is 4.74 Å². The smallest absolute Gasteiger partial charge is 0.0810 e. The van der Waals surface area contributed by atoms with Gasteiger partial charge in [0, 0.05) is 12.6 Å². The fraction of sp³-hybridized carbons (Fsp3) is 1.00. The topological polar surface area (TPSA) is 21.3 Å². The Bertz CT molecular complexity index is 242. The van der Waals surface area contributed by atoms with Crippen LogP contribution in [0, 0.1) is 0 Å². The Morgan fingerprint density at radius 2 is 1.26 bits per heavy atom. The van der Waals surface area contributed by atoms with E-state index in [9.17, 15) is 0 Å². The lowest BCUT2D eigenvalue weighted by molar-refractivity contribution is -0.135. The first-order valence-electron chi connectivity index (χ1n) is 8.63. The van der Waals surface area contributed by atoms with E-state index in [2.05, 4.69) is 19.2 Å². The van der Waals surface area contributed by atoms with Gasteiger partial charge in [-0.05, 0) is 26.7 Å². The minimum atomic E-state index is 0.144. The molecule has 1 saturated heterocycles. The van der Waals surface area contributed by atoms with Crippen molar-refractivity contribution >= 4 is 0 Å². The molecule has 19 heavy (non-hydrogen) atoms. The summed E-state index contributed by atoms with van der Waals surface area (Å²) >= 11 is 0. The molecule has 0 aromatic carbocycles. The van der Waals surface area contributed by atoms with E-state index in [0.29, 0.717) is 12.1 Å². The number of ether oxygens (including phenoxy) is 1. The maximum atomic E-state index is 6.47. The predicted octanol–water partition coefficient (Wildman–Crippen LogP) is 4.43. The molecule has 2 heteroatoms. The molecule has 2 fully saturated rings. The van der Waals surface area contributed by atoms with E-state index >= 15 is 0 Å². The molecule has 1 N–H and O–H groups in total. The summed E-state index contributed by atoms with van der Waals surface area (Å²) in [5, 5.41) is 3.68. The fourth-order valence-corrected chi connectivity index (χ4v) is 3.60. The van der Waals surface area contributed by atoms with Gasteiger partial charge in [-0.1, -0.05) is 57.8 Å². The quantitative estimate of drug-likeness (QED) is 0.701. The number of morpholine rings is 1. The molecule has 1 heterocycles. The van der Waals surface area contributed by atoms with Crippen molar-refractivity contribution in [2.75, 3.05) is 6.54 Å². The molecular formula is C17H33NO. The highest BCUT2D eigenvalue weighted by atomic mass is 16.5. The summed E-state index contributed by atoms with van der Waals surface area (Å²) in [4.78, 5) is 0. The van der Waals surface area contributed by atoms with Gasteiger partial charge < -0.3 is 10.1 Å². The largest absolute Gasteiger partial charge is 0.369 e. The molecule has 0 bridgehead atoms. The van der Waals surface area contributed by atoms with Crippen molar-refractivity contribution in [1.82, 2.24) is 5.32 Å². The molecule has 2 aliphatic rings. The Kier molecular flexibility index (Phi) is 6.15. The zero-order chi connectivity index (χ0) is 13.6. The molecule has 0 amide bonds. The van der Waals surface area contributed by atoms with Gasteiger partial charge in [-0.15, -0.1) is 0 Å². The van der Waals surface area contributed by atoms with Gasteiger partial charge in [-0.3, -0.25) is 0 Å². The van der Waals surface area contributed by atoms with E-state index in [1.807, 2.05) is 0 Å². The normalized spacial score (nSPS) is 34.4. The Morgan fingerprint density at radius 3 is 1.74 bits per heavy atom. The van der Waals surface area contributed by atoms with E-state index in [1.165, 1.54) is 70.6 Å². The maximum Gasteiger partial charge on any atom is 0.0810 e. The number of hydrogen-bond donors (Lipinski definition) is 1. The molecule has 2 nitrogen and oxygen atoms in total. The van der Waals surface area contributed by atoms with Crippen molar-refractivity contribution in [2.45, 2.75) is 102 Å². The molecule has 1 aliphatic heterocycles. The summed E-state index contributed by atoms with van der Waals surface area (Å²) in [6.07, 6.45) is 15.6. The van der Waals surface area contributed by atoms with Crippen molar-refractivity contribution < 1.29 is 4.74 Å². The number of nitrogens with one attached hydrogen (secondary N) is 1. The Hall–Kier alpha value is -0.0800. The van der Waals surface area contributed by atoms with E-state index in [4.69, 9.17) is 4.74 Å². The van der Waals surface area contributed by atoms with E-state index < -0.39 is 0 Å². The molecule has 1 saturated carbocycles. The Morgan fingerprint density at radius 1 is 0.789 bits per heavy atom. The Labute approximate surface area is 119 Å². The zero-order valence-electron chi connectivity index (χ0n) is 13.0.